The second kappa shape index (κ2) is 7.92. The van der Waals surface area contributed by atoms with E-state index in [4.69, 9.17) is 5.73 Å². The molecular weight excluding hydrogens is 377 g/mol. The summed E-state index contributed by atoms with van der Waals surface area (Å²) in [4.78, 5) is 23.1. The molecule has 0 aromatic heterocycles. The molecule has 2 amide bonds. The standard InChI is InChI=1S/C17H17BrFN3O2/c1-21-17(24)11-4-2-3-10(7-11)5-6-22-14-9-12(18)8-13(19)15(14)16(20)23/h2-4,7-9,22H,5-6H2,1H3,(H2,20,23)(H,21,24). The summed E-state index contributed by atoms with van der Waals surface area (Å²) in [6, 6.07) is 10.0. The van der Waals surface area contributed by atoms with Crippen LogP contribution in [-0.4, -0.2) is 25.4 Å². The van der Waals surface area contributed by atoms with Gasteiger partial charge in [-0.2, -0.15) is 0 Å². The van der Waals surface area contributed by atoms with E-state index in [1.54, 1.807) is 31.3 Å². The smallest absolute Gasteiger partial charge is 0.253 e. The molecule has 0 aliphatic heterocycles. The minimum Gasteiger partial charge on any atom is -0.384 e. The van der Waals surface area contributed by atoms with Gasteiger partial charge in [0, 0.05) is 23.6 Å². The Morgan fingerprint density at radius 2 is 2.00 bits per heavy atom. The highest BCUT2D eigenvalue weighted by atomic mass is 79.9. The zero-order valence-electron chi connectivity index (χ0n) is 13.0. The molecule has 0 radical (unpaired) electrons. The fraction of sp³-hybridized carbons (Fsp3) is 0.176. The van der Waals surface area contributed by atoms with Gasteiger partial charge in [-0.15, -0.1) is 0 Å². The number of benzene rings is 2. The van der Waals surface area contributed by atoms with Crippen molar-refractivity contribution in [3.8, 4) is 0 Å². The molecule has 5 nitrogen and oxygen atoms in total. The van der Waals surface area contributed by atoms with Crippen LogP contribution >= 0.6 is 15.9 Å². The van der Waals surface area contributed by atoms with Crippen LogP contribution in [0.3, 0.4) is 0 Å². The first-order valence-electron chi connectivity index (χ1n) is 7.26. The lowest BCUT2D eigenvalue weighted by molar-refractivity contribution is 0.0961. The zero-order valence-corrected chi connectivity index (χ0v) is 14.6. The summed E-state index contributed by atoms with van der Waals surface area (Å²) in [6.45, 7) is 0.452. The topological polar surface area (TPSA) is 84.2 Å². The number of nitrogens with two attached hydrogens (primary N) is 1. The van der Waals surface area contributed by atoms with Gasteiger partial charge in [0.1, 0.15) is 5.82 Å². The normalized spacial score (nSPS) is 10.3. The van der Waals surface area contributed by atoms with Crippen molar-refractivity contribution in [1.82, 2.24) is 5.32 Å². The van der Waals surface area contributed by atoms with E-state index in [9.17, 15) is 14.0 Å². The van der Waals surface area contributed by atoms with Gasteiger partial charge < -0.3 is 16.4 Å². The third-order valence-electron chi connectivity index (χ3n) is 3.45. The number of amides is 2. The van der Waals surface area contributed by atoms with Crippen molar-refractivity contribution >= 4 is 33.4 Å². The zero-order chi connectivity index (χ0) is 17.7. The quantitative estimate of drug-likeness (QED) is 0.705. The van der Waals surface area contributed by atoms with E-state index >= 15 is 0 Å². The number of hydrogen-bond donors (Lipinski definition) is 3. The summed E-state index contributed by atoms with van der Waals surface area (Å²) in [6.07, 6.45) is 0.594. The average molecular weight is 394 g/mol. The molecule has 126 valence electrons. The van der Waals surface area contributed by atoms with Crippen molar-refractivity contribution in [2.75, 3.05) is 18.9 Å². The van der Waals surface area contributed by atoms with E-state index in [0.717, 1.165) is 5.56 Å². The number of nitrogens with one attached hydrogen (secondary N) is 2. The van der Waals surface area contributed by atoms with Crippen LogP contribution in [0.5, 0.6) is 0 Å². The number of hydrogen-bond acceptors (Lipinski definition) is 3. The fourth-order valence-corrected chi connectivity index (χ4v) is 2.75. The molecule has 0 bridgehead atoms. The first-order valence-corrected chi connectivity index (χ1v) is 8.05. The summed E-state index contributed by atoms with van der Waals surface area (Å²) in [5.74, 6) is -1.67. The monoisotopic (exact) mass is 393 g/mol. The van der Waals surface area contributed by atoms with E-state index in [-0.39, 0.29) is 11.5 Å². The van der Waals surface area contributed by atoms with Crippen molar-refractivity contribution in [3.05, 3.63) is 63.4 Å². The maximum atomic E-state index is 13.9. The molecule has 0 unspecified atom stereocenters. The van der Waals surface area contributed by atoms with Crippen molar-refractivity contribution in [3.63, 3.8) is 0 Å². The van der Waals surface area contributed by atoms with Crippen LogP contribution in [0.25, 0.3) is 0 Å². The van der Waals surface area contributed by atoms with Crippen molar-refractivity contribution in [2.45, 2.75) is 6.42 Å². The number of primary amides is 1. The first kappa shape index (κ1) is 17.9. The van der Waals surface area contributed by atoms with Crippen LogP contribution in [-0.2, 0) is 6.42 Å². The Labute approximate surface area is 147 Å². The number of anilines is 1. The third kappa shape index (κ3) is 4.32. The Morgan fingerprint density at radius 1 is 1.25 bits per heavy atom. The molecule has 0 fully saturated rings. The predicted octanol–water partition coefficient (Wildman–Crippen LogP) is 2.70. The van der Waals surface area contributed by atoms with Gasteiger partial charge in [0.2, 0.25) is 0 Å². The molecule has 0 saturated heterocycles. The first-order chi connectivity index (χ1) is 11.4. The Bertz CT molecular complexity index is 780. The molecule has 0 saturated carbocycles. The Hall–Kier alpha value is -2.41. The Balaban J connectivity index is 2.10. The number of halogens is 2. The summed E-state index contributed by atoms with van der Waals surface area (Å²) in [7, 11) is 1.57. The molecule has 2 aromatic carbocycles. The van der Waals surface area contributed by atoms with Crippen LogP contribution in [0.15, 0.2) is 40.9 Å². The predicted molar refractivity (Wildman–Crippen MR) is 94.6 cm³/mol. The van der Waals surface area contributed by atoms with Crippen molar-refractivity contribution < 1.29 is 14.0 Å². The molecule has 0 heterocycles. The summed E-state index contributed by atoms with van der Waals surface area (Å²) < 4.78 is 14.4. The fourth-order valence-electron chi connectivity index (χ4n) is 2.32. The lowest BCUT2D eigenvalue weighted by Gasteiger charge is -2.12. The molecule has 24 heavy (non-hydrogen) atoms. The highest BCUT2D eigenvalue weighted by Gasteiger charge is 2.15. The van der Waals surface area contributed by atoms with E-state index < -0.39 is 11.7 Å². The van der Waals surface area contributed by atoms with Gasteiger partial charge in [-0.3, -0.25) is 9.59 Å². The second-order valence-corrected chi connectivity index (χ2v) is 6.05. The van der Waals surface area contributed by atoms with Gasteiger partial charge in [0.15, 0.2) is 0 Å². The van der Waals surface area contributed by atoms with E-state index in [2.05, 4.69) is 26.6 Å². The summed E-state index contributed by atoms with van der Waals surface area (Å²) in [5.41, 5.74) is 6.91. The Kier molecular flexibility index (Phi) is 5.92. The third-order valence-corrected chi connectivity index (χ3v) is 3.90. The highest BCUT2D eigenvalue weighted by Crippen LogP contribution is 2.24. The molecule has 0 atom stereocenters. The summed E-state index contributed by atoms with van der Waals surface area (Å²) >= 11 is 3.19. The number of carbonyl (C=O) groups is 2. The molecule has 0 spiro atoms. The summed E-state index contributed by atoms with van der Waals surface area (Å²) in [5, 5.41) is 5.59. The SMILES string of the molecule is CNC(=O)c1cccc(CCNc2cc(Br)cc(F)c2C(N)=O)c1. The second-order valence-electron chi connectivity index (χ2n) is 5.13. The highest BCUT2D eigenvalue weighted by molar-refractivity contribution is 9.10. The molecule has 0 aliphatic rings. The Morgan fingerprint density at radius 3 is 2.67 bits per heavy atom. The van der Waals surface area contributed by atoms with Crippen LogP contribution in [0.2, 0.25) is 0 Å². The van der Waals surface area contributed by atoms with Crippen LogP contribution in [0.4, 0.5) is 10.1 Å². The van der Waals surface area contributed by atoms with Crippen molar-refractivity contribution in [1.29, 1.82) is 0 Å². The maximum Gasteiger partial charge on any atom is 0.253 e. The molecule has 0 aliphatic carbocycles. The van der Waals surface area contributed by atoms with E-state index in [1.807, 2.05) is 6.07 Å². The van der Waals surface area contributed by atoms with Crippen LogP contribution in [0.1, 0.15) is 26.3 Å². The minimum absolute atomic E-state index is 0.158. The number of rotatable bonds is 6. The lowest BCUT2D eigenvalue weighted by atomic mass is 10.1. The molecule has 4 N–H and O–H groups in total. The minimum atomic E-state index is -0.830. The molecule has 7 heteroatoms. The van der Waals surface area contributed by atoms with Gasteiger partial charge in [0.05, 0.1) is 11.3 Å². The van der Waals surface area contributed by atoms with Gasteiger partial charge in [0.25, 0.3) is 11.8 Å². The van der Waals surface area contributed by atoms with Gasteiger partial charge >= 0.3 is 0 Å². The van der Waals surface area contributed by atoms with Crippen LogP contribution < -0.4 is 16.4 Å². The van der Waals surface area contributed by atoms with E-state index in [1.165, 1.54) is 6.07 Å². The van der Waals surface area contributed by atoms with E-state index in [0.29, 0.717) is 28.7 Å². The molecular formula is C17H17BrFN3O2. The largest absolute Gasteiger partial charge is 0.384 e. The van der Waals surface area contributed by atoms with Crippen molar-refractivity contribution in [2.24, 2.45) is 5.73 Å². The van der Waals surface area contributed by atoms with Gasteiger partial charge in [-0.05, 0) is 36.2 Å². The van der Waals surface area contributed by atoms with Gasteiger partial charge in [-0.25, -0.2) is 4.39 Å². The number of carbonyl (C=O) groups excluding carboxylic acids is 2. The molecule has 2 aromatic rings. The van der Waals surface area contributed by atoms with Gasteiger partial charge in [-0.1, -0.05) is 28.1 Å². The lowest BCUT2D eigenvalue weighted by Crippen LogP contribution is -2.18. The van der Waals surface area contributed by atoms with Crippen LogP contribution in [0, 0.1) is 5.82 Å². The molecule has 2 rings (SSSR count). The average Bonchev–Trinajstić information content (AvgIpc) is 2.53. The maximum absolute atomic E-state index is 13.9.